The number of rotatable bonds is 4. The Balaban J connectivity index is 1.92. The molecule has 3 rings (SSSR count). The third kappa shape index (κ3) is 3.76. The van der Waals surface area contributed by atoms with Gasteiger partial charge in [-0.25, -0.2) is 0 Å². The summed E-state index contributed by atoms with van der Waals surface area (Å²) in [6.07, 6.45) is -2.75. The van der Waals surface area contributed by atoms with Crippen LogP contribution >= 0.6 is 0 Å². The lowest BCUT2D eigenvalue weighted by atomic mass is 10.1. The van der Waals surface area contributed by atoms with E-state index in [2.05, 4.69) is 4.74 Å². The summed E-state index contributed by atoms with van der Waals surface area (Å²) >= 11 is 0. The van der Waals surface area contributed by atoms with Gasteiger partial charge in [-0.3, -0.25) is 0 Å². The van der Waals surface area contributed by atoms with E-state index < -0.39 is 6.36 Å². The normalized spacial score (nSPS) is 14.0. The van der Waals surface area contributed by atoms with Crippen LogP contribution in [0.2, 0.25) is 0 Å². The van der Waals surface area contributed by atoms with Crippen LogP contribution in [0.25, 0.3) is 0 Å². The molecule has 0 spiro atoms. The highest BCUT2D eigenvalue weighted by molar-refractivity contribution is 5.93. The summed E-state index contributed by atoms with van der Waals surface area (Å²) in [5.41, 5.74) is 9.13. The number of benzene rings is 2. The van der Waals surface area contributed by atoms with Gasteiger partial charge in [0.25, 0.3) is 5.69 Å². The largest absolute Gasteiger partial charge is 0.573 e. The summed E-state index contributed by atoms with van der Waals surface area (Å²) in [5.74, 6) is 0.308. The third-order valence-electron chi connectivity index (χ3n) is 3.61. The van der Waals surface area contributed by atoms with E-state index in [0.717, 1.165) is 17.1 Å². The summed E-state index contributed by atoms with van der Waals surface area (Å²) in [6, 6.07) is 10.5. The van der Waals surface area contributed by atoms with Crippen molar-refractivity contribution >= 4 is 17.1 Å². The second-order valence-corrected chi connectivity index (χ2v) is 5.61. The maximum Gasteiger partial charge on any atom is 0.573 e. The zero-order chi connectivity index (χ0) is 18.2. The second-order valence-electron chi connectivity index (χ2n) is 5.61. The first-order chi connectivity index (χ1) is 11.7. The molecule has 130 valence electrons. The fraction of sp³-hybridized carbons (Fsp3) is 0.167. The van der Waals surface area contributed by atoms with Gasteiger partial charge in [0.15, 0.2) is 11.4 Å². The van der Waals surface area contributed by atoms with Gasteiger partial charge in [0, 0.05) is 37.7 Å². The number of anilines is 1. The highest BCUT2D eigenvalue weighted by Gasteiger charge is 2.31. The van der Waals surface area contributed by atoms with Gasteiger partial charge in [0.2, 0.25) is 5.75 Å². The minimum Gasteiger partial charge on any atom is -0.450 e. The fourth-order valence-electron chi connectivity index (χ4n) is 2.68. The Bertz CT molecular complexity index is 886. The van der Waals surface area contributed by atoms with Crippen molar-refractivity contribution in [3.63, 3.8) is 0 Å². The molecule has 25 heavy (non-hydrogen) atoms. The van der Waals surface area contributed by atoms with Crippen LogP contribution in [0.3, 0.4) is 0 Å². The fourth-order valence-corrected chi connectivity index (χ4v) is 2.68. The molecular weight excluding hydrogens is 333 g/mol. The molecule has 2 aromatic rings. The molecule has 7 heteroatoms. The Hall–Kier alpha value is -2.96. The van der Waals surface area contributed by atoms with Crippen LogP contribution in [0, 0.1) is 0 Å². The summed E-state index contributed by atoms with van der Waals surface area (Å²) in [7, 11) is 0. The molecule has 0 fully saturated rings. The Morgan fingerprint density at radius 2 is 1.72 bits per heavy atom. The average molecular weight is 349 g/mol. The average Bonchev–Trinajstić information content (AvgIpc) is 2.48. The minimum absolute atomic E-state index is 0.216. The molecule has 1 heterocycles. The summed E-state index contributed by atoms with van der Waals surface area (Å²) in [5, 5.41) is 0. The molecule has 4 nitrogen and oxygen atoms in total. The van der Waals surface area contributed by atoms with Crippen molar-refractivity contribution in [1.82, 2.24) is 0 Å². The predicted octanol–water partition coefficient (Wildman–Crippen LogP) is 4.98. The van der Waals surface area contributed by atoms with Crippen molar-refractivity contribution in [2.75, 3.05) is 5.73 Å². The van der Waals surface area contributed by atoms with E-state index in [4.69, 9.17) is 10.5 Å². The molecule has 0 unspecified atom stereocenters. The lowest BCUT2D eigenvalue weighted by Gasteiger charge is -2.16. The predicted molar refractivity (Wildman–Crippen MR) is 88.4 cm³/mol. The van der Waals surface area contributed by atoms with E-state index >= 15 is 0 Å². The molecule has 0 atom stereocenters. The number of allylic oxidation sites excluding steroid dienone is 2. The topological polar surface area (TPSA) is 47.5 Å². The van der Waals surface area contributed by atoms with Gasteiger partial charge in [-0.05, 0) is 18.2 Å². The maximum absolute atomic E-state index is 12.4. The number of alkyl halides is 3. The Morgan fingerprint density at radius 3 is 2.36 bits per heavy atom. The molecule has 0 saturated carbocycles. The standard InChI is InChI=1S/C18H16F3N2O2/c1-11-8-12(2)23(11)16-7-6-13(22)9-17(16)24-14-4-3-5-15(10-14)25-18(19,20)21/h3-10H,22H2,1-2H3/q+1. The van der Waals surface area contributed by atoms with Crippen LogP contribution in [0.15, 0.2) is 54.2 Å². The van der Waals surface area contributed by atoms with E-state index in [1.54, 1.807) is 24.3 Å². The monoisotopic (exact) mass is 349 g/mol. The molecular formula is C18H16F3N2O2+. The lowest BCUT2D eigenvalue weighted by molar-refractivity contribution is -0.396. The number of nitrogens with two attached hydrogens (primary N) is 1. The number of ether oxygens (including phenoxy) is 2. The minimum atomic E-state index is -4.76. The molecule has 0 aromatic heterocycles. The summed E-state index contributed by atoms with van der Waals surface area (Å²) in [4.78, 5) is 0. The molecule has 0 aliphatic carbocycles. The van der Waals surface area contributed by atoms with Crippen LogP contribution in [0.5, 0.6) is 17.2 Å². The quantitative estimate of drug-likeness (QED) is 0.625. The maximum atomic E-state index is 12.4. The number of nitrogen functional groups attached to an aromatic ring is 1. The molecule has 2 N–H and O–H groups in total. The molecule has 0 amide bonds. The van der Waals surface area contributed by atoms with Crippen LogP contribution in [-0.4, -0.2) is 16.6 Å². The number of halogens is 3. The number of hydrogen-bond acceptors (Lipinski definition) is 3. The van der Waals surface area contributed by atoms with Crippen molar-refractivity contribution in [2.45, 2.75) is 20.2 Å². The van der Waals surface area contributed by atoms with Gasteiger partial charge >= 0.3 is 6.36 Å². The van der Waals surface area contributed by atoms with Crippen molar-refractivity contribution in [3.05, 3.63) is 54.2 Å². The highest BCUT2D eigenvalue weighted by Crippen LogP contribution is 2.38. The van der Waals surface area contributed by atoms with Gasteiger partial charge < -0.3 is 15.2 Å². The van der Waals surface area contributed by atoms with Crippen LogP contribution in [0.1, 0.15) is 13.8 Å². The van der Waals surface area contributed by atoms with E-state index in [1.165, 1.54) is 18.2 Å². The van der Waals surface area contributed by atoms with Crippen molar-refractivity contribution in [3.8, 4) is 17.2 Å². The second kappa shape index (κ2) is 6.16. The third-order valence-corrected chi connectivity index (χ3v) is 3.61. The summed E-state index contributed by atoms with van der Waals surface area (Å²) in [6.45, 7) is 3.90. The Morgan fingerprint density at radius 1 is 1.00 bits per heavy atom. The molecule has 0 radical (unpaired) electrons. The molecule has 0 bridgehead atoms. The summed E-state index contributed by atoms with van der Waals surface area (Å²) < 4.78 is 48.8. The Kier molecular flexibility index (Phi) is 4.16. The lowest BCUT2D eigenvalue weighted by Crippen LogP contribution is -2.20. The van der Waals surface area contributed by atoms with Crippen LogP contribution in [-0.2, 0) is 0 Å². The molecule has 0 saturated heterocycles. The highest BCUT2D eigenvalue weighted by atomic mass is 19.4. The zero-order valence-electron chi connectivity index (χ0n) is 13.6. The SMILES string of the molecule is CC1=CC(C)=[N+]1c1ccc(N)cc1Oc1cccc(OC(F)(F)F)c1. The van der Waals surface area contributed by atoms with E-state index in [-0.39, 0.29) is 11.5 Å². The van der Waals surface area contributed by atoms with Gasteiger partial charge in [0.1, 0.15) is 11.5 Å². The first kappa shape index (κ1) is 16.9. The van der Waals surface area contributed by atoms with E-state index in [1.807, 2.05) is 24.5 Å². The van der Waals surface area contributed by atoms with Gasteiger partial charge in [-0.2, -0.15) is 4.58 Å². The van der Waals surface area contributed by atoms with Crippen LogP contribution in [0.4, 0.5) is 24.5 Å². The molecule has 1 aliphatic heterocycles. The van der Waals surface area contributed by atoms with Crippen molar-refractivity contribution in [1.29, 1.82) is 0 Å². The van der Waals surface area contributed by atoms with E-state index in [0.29, 0.717) is 11.4 Å². The van der Waals surface area contributed by atoms with Crippen molar-refractivity contribution < 1.29 is 27.2 Å². The van der Waals surface area contributed by atoms with Crippen molar-refractivity contribution in [2.24, 2.45) is 0 Å². The first-order valence-corrected chi connectivity index (χ1v) is 7.48. The van der Waals surface area contributed by atoms with E-state index in [9.17, 15) is 13.2 Å². The van der Waals surface area contributed by atoms with Gasteiger partial charge in [0.05, 0.1) is 6.08 Å². The smallest absolute Gasteiger partial charge is 0.450 e. The van der Waals surface area contributed by atoms with Gasteiger partial charge in [-0.1, -0.05) is 6.07 Å². The Labute approximate surface area is 142 Å². The first-order valence-electron chi connectivity index (χ1n) is 7.48. The zero-order valence-corrected chi connectivity index (χ0v) is 13.6. The van der Waals surface area contributed by atoms with Crippen LogP contribution < -0.4 is 15.2 Å². The molecule has 2 aromatic carbocycles. The number of hydrogen-bond donors (Lipinski definition) is 1. The van der Waals surface area contributed by atoms with Gasteiger partial charge in [-0.15, -0.1) is 13.2 Å². The number of nitrogens with zero attached hydrogens (tertiary/aromatic N) is 1. The molecule has 1 aliphatic rings.